The summed E-state index contributed by atoms with van der Waals surface area (Å²) in [4.78, 5) is 11.9. The molecule has 2 aromatic rings. The van der Waals surface area contributed by atoms with Crippen molar-refractivity contribution in [3.63, 3.8) is 0 Å². The van der Waals surface area contributed by atoms with Gasteiger partial charge in [-0.25, -0.2) is 0 Å². The van der Waals surface area contributed by atoms with Gasteiger partial charge in [-0.15, -0.1) is 11.3 Å². The van der Waals surface area contributed by atoms with E-state index in [1.54, 1.807) is 12.1 Å². The molecule has 0 unspecified atom stereocenters. The summed E-state index contributed by atoms with van der Waals surface area (Å²) in [7, 11) is 0. The second kappa shape index (κ2) is 5.44. The third-order valence-corrected chi connectivity index (χ3v) is 3.35. The third kappa shape index (κ3) is 3.57. The van der Waals surface area contributed by atoms with Crippen LogP contribution in [0.2, 0.25) is 0 Å². The Kier molecular flexibility index (Phi) is 3.90. The fourth-order valence-corrected chi connectivity index (χ4v) is 2.17. The Bertz CT molecular complexity index is 558. The molecule has 0 spiro atoms. The summed E-state index contributed by atoms with van der Waals surface area (Å²) in [6, 6.07) is 7.91. The minimum Gasteiger partial charge on any atom is -0.488 e. The van der Waals surface area contributed by atoms with Crippen molar-refractivity contribution in [2.45, 2.75) is 12.8 Å². The number of aldehydes is 1. The predicted molar refractivity (Wildman–Crippen MR) is 65.5 cm³/mol. The molecule has 0 atom stereocenters. The highest BCUT2D eigenvalue weighted by Gasteiger charge is 2.29. The first-order valence-corrected chi connectivity index (χ1v) is 6.14. The summed E-state index contributed by atoms with van der Waals surface area (Å²) in [5, 5.41) is 0. The van der Waals surface area contributed by atoms with Gasteiger partial charge in [-0.05, 0) is 36.4 Å². The largest absolute Gasteiger partial charge is 0.488 e. The maximum atomic E-state index is 12.3. The Morgan fingerprint density at radius 1 is 1.11 bits per heavy atom. The average molecular weight is 286 g/mol. The lowest BCUT2D eigenvalue weighted by Crippen LogP contribution is -2.04. The van der Waals surface area contributed by atoms with E-state index >= 15 is 0 Å². The number of hydrogen-bond donors (Lipinski definition) is 0. The van der Waals surface area contributed by atoms with Gasteiger partial charge >= 0.3 is 6.18 Å². The van der Waals surface area contributed by atoms with Crippen molar-refractivity contribution in [1.82, 2.24) is 0 Å². The summed E-state index contributed by atoms with van der Waals surface area (Å²) in [5.74, 6) is 0.356. The number of thiophene rings is 1. The molecule has 0 bridgehead atoms. The molecule has 0 aliphatic carbocycles. The number of halogens is 3. The number of ether oxygens (including phenoxy) is 1. The van der Waals surface area contributed by atoms with E-state index in [-0.39, 0.29) is 6.61 Å². The van der Waals surface area contributed by atoms with Gasteiger partial charge in [-0.1, -0.05) is 0 Å². The fourth-order valence-electron chi connectivity index (χ4n) is 1.43. The van der Waals surface area contributed by atoms with E-state index in [0.717, 1.165) is 23.3 Å². The maximum absolute atomic E-state index is 12.3. The quantitative estimate of drug-likeness (QED) is 0.789. The molecule has 0 fully saturated rings. The third-order valence-electron chi connectivity index (χ3n) is 2.36. The zero-order valence-electron chi connectivity index (χ0n) is 9.61. The predicted octanol–water partition coefficient (Wildman–Crippen LogP) is 4.16. The highest BCUT2D eigenvalue weighted by molar-refractivity contribution is 7.13. The minimum atomic E-state index is -4.34. The molecule has 2 rings (SSSR count). The van der Waals surface area contributed by atoms with Gasteiger partial charge in [0.15, 0.2) is 6.29 Å². The number of carbonyl (C=O) groups is 1. The molecule has 0 N–H and O–H groups in total. The first-order valence-electron chi connectivity index (χ1n) is 5.33. The van der Waals surface area contributed by atoms with E-state index in [9.17, 15) is 18.0 Å². The summed E-state index contributed by atoms with van der Waals surface area (Å²) >= 11 is 1.29. The highest BCUT2D eigenvalue weighted by atomic mass is 32.1. The van der Waals surface area contributed by atoms with E-state index in [2.05, 4.69) is 0 Å². The molecule has 0 amide bonds. The van der Waals surface area contributed by atoms with Gasteiger partial charge in [-0.3, -0.25) is 4.79 Å². The molecule has 1 aromatic heterocycles. The van der Waals surface area contributed by atoms with E-state index in [1.165, 1.54) is 23.5 Å². The van der Waals surface area contributed by atoms with Crippen LogP contribution in [0.5, 0.6) is 5.75 Å². The second-order valence-corrected chi connectivity index (χ2v) is 4.93. The first-order chi connectivity index (χ1) is 8.99. The molecule has 6 heteroatoms. The van der Waals surface area contributed by atoms with Crippen LogP contribution >= 0.6 is 11.3 Å². The summed E-state index contributed by atoms with van der Waals surface area (Å²) < 4.78 is 42.4. The van der Waals surface area contributed by atoms with Gasteiger partial charge in [0.25, 0.3) is 0 Å². The van der Waals surface area contributed by atoms with Crippen molar-refractivity contribution >= 4 is 17.6 Å². The summed E-state index contributed by atoms with van der Waals surface area (Å²) in [6.45, 7) is 0.226. The lowest BCUT2D eigenvalue weighted by molar-refractivity contribution is -0.137. The molecule has 19 heavy (non-hydrogen) atoms. The molecule has 100 valence electrons. The van der Waals surface area contributed by atoms with Crippen LogP contribution < -0.4 is 4.74 Å². The monoisotopic (exact) mass is 286 g/mol. The van der Waals surface area contributed by atoms with Gasteiger partial charge in [0.1, 0.15) is 12.4 Å². The van der Waals surface area contributed by atoms with Gasteiger partial charge < -0.3 is 4.74 Å². The van der Waals surface area contributed by atoms with Crippen molar-refractivity contribution in [3.8, 4) is 5.75 Å². The van der Waals surface area contributed by atoms with Crippen LogP contribution in [0.3, 0.4) is 0 Å². The smallest absolute Gasteiger partial charge is 0.416 e. The van der Waals surface area contributed by atoms with Crippen molar-refractivity contribution in [2.75, 3.05) is 0 Å². The SMILES string of the molecule is O=Cc1ccc(COc2ccc(C(F)(F)F)cc2)s1. The Labute approximate surface area is 111 Å². The van der Waals surface area contributed by atoms with Crippen molar-refractivity contribution in [2.24, 2.45) is 0 Å². The molecule has 0 saturated carbocycles. The van der Waals surface area contributed by atoms with Crippen LogP contribution in [0, 0.1) is 0 Å². The molecule has 0 aliphatic rings. The Hall–Kier alpha value is -1.82. The van der Waals surface area contributed by atoms with Crippen LogP contribution in [-0.4, -0.2) is 6.29 Å². The average Bonchev–Trinajstić information content (AvgIpc) is 2.84. The molecule has 0 saturated heterocycles. The number of alkyl halides is 3. The zero-order chi connectivity index (χ0) is 13.9. The van der Waals surface area contributed by atoms with E-state index in [1.807, 2.05) is 0 Å². The number of benzene rings is 1. The molecule has 0 radical (unpaired) electrons. The van der Waals surface area contributed by atoms with Crippen molar-refractivity contribution < 1.29 is 22.7 Å². The van der Waals surface area contributed by atoms with Crippen LogP contribution in [0.15, 0.2) is 36.4 Å². The van der Waals surface area contributed by atoms with Gasteiger partial charge in [-0.2, -0.15) is 13.2 Å². The van der Waals surface area contributed by atoms with Gasteiger partial charge in [0.2, 0.25) is 0 Å². The van der Waals surface area contributed by atoms with Crippen LogP contribution in [0.4, 0.5) is 13.2 Å². The molecule has 2 nitrogen and oxygen atoms in total. The number of rotatable bonds is 4. The second-order valence-electron chi connectivity index (χ2n) is 3.73. The Balaban J connectivity index is 1.98. The topological polar surface area (TPSA) is 26.3 Å². The molecular formula is C13H9F3O2S. The Morgan fingerprint density at radius 3 is 2.32 bits per heavy atom. The zero-order valence-corrected chi connectivity index (χ0v) is 10.4. The molecule has 0 aliphatic heterocycles. The van der Waals surface area contributed by atoms with Crippen LogP contribution in [-0.2, 0) is 12.8 Å². The van der Waals surface area contributed by atoms with E-state index in [4.69, 9.17) is 4.74 Å². The normalized spacial score (nSPS) is 11.3. The maximum Gasteiger partial charge on any atom is 0.416 e. The molecule has 1 heterocycles. The highest BCUT2D eigenvalue weighted by Crippen LogP contribution is 2.30. The molecular weight excluding hydrogens is 277 g/mol. The van der Waals surface area contributed by atoms with Gasteiger partial charge in [0.05, 0.1) is 10.4 Å². The standard InChI is InChI=1S/C13H9F3O2S/c14-13(15,16)9-1-3-10(4-2-9)18-8-12-6-5-11(7-17)19-12/h1-7H,8H2. The van der Waals surface area contributed by atoms with Crippen molar-refractivity contribution in [1.29, 1.82) is 0 Å². The number of carbonyl (C=O) groups excluding carboxylic acids is 1. The number of hydrogen-bond acceptors (Lipinski definition) is 3. The van der Waals surface area contributed by atoms with Crippen molar-refractivity contribution in [3.05, 3.63) is 51.7 Å². The lowest BCUT2D eigenvalue weighted by Gasteiger charge is -2.08. The first kappa shape index (κ1) is 13.6. The summed E-state index contributed by atoms with van der Waals surface area (Å²) in [5.41, 5.74) is -0.709. The van der Waals surface area contributed by atoms with E-state index < -0.39 is 11.7 Å². The summed E-state index contributed by atoms with van der Waals surface area (Å²) in [6.07, 6.45) is -3.60. The van der Waals surface area contributed by atoms with Crippen LogP contribution in [0.1, 0.15) is 20.1 Å². The Morgan fingerprint density at radius 2 is 1.79 bits per heavy atom. The van der Waals surface area contributed by atoms with E-state index in [0.29, 0.717) is 10.6 Å². The minimum absolute atomic E-state index is 0.226. The lowest BCUT2D eigenvalue weighted by atomic mass is 10.2. The van der Waals surface area contributed by atoms with Crippen LogP contribution in [0.25, 0.3) is 0 Å². The molecule has 1 aromatic carbocycles. The fraction of sp³-hybridized carbons (Fsp3) is 0.154. The van der Waals surface area contributed by atoms with Gasteiger partial charge in [0, 0.05) is 4.88 Å².